The highest BCUT2D eigenvalue weighted by Gasteiger charge is 2.43. The number of likely N-dealkylation sites (N-methyl/N-ethyl adjacent to an activating group) is 2. The van der Waals surface area contributed by atoms with E-state index in [2.05, 4.69) is 55.9 Å². The molecule has 6 rings (SSSR count). The van der Waals surface area contributed by atoms with Crippen LogP contribution in [0.25, 0.3) is 0 Å². The minimum Gasteiger partial charge on any atom is -0.347 e. The van der Waals surface area contributed by atoms with Gasteiger partial charge in [-0.1, -0.05) is 48.5 Å². The molecule has 2 aliphatic heterocycles. The molecule has 4 aliphatic rings. The van der Waals surface area contributed by atoms with Crippen molar-refractivity contribution in [2.75, 3.05) is 27.2 Å². The number of carbonyl (C=O) groups is 6. The van der Waals surface area contributed by atoms with E-state index in [0.29, 0.717) is 25.9 Å². The van der Waals surface area contributed by atoms with Gasteiger partial charge in [0.1, 0.15) is 24.2 Å². The number of carbonyl (C=O) groups excluding carboxylic acids is 6. The number of hydrogen-bond acceptors (Lipinski definition) is 8. The van der Waals surface area contributed by atoms with E-state index in [4.69, 9.17) is 0 Å². The molecule has 14 heteroatoms. The molecular weight excluding hydrogens is 737 g/mol. The van der Waals surface area contributed by atoms with Gasteiger partial charge in [0.15, 0.2) is 0 Å². The summed E-state index contributed by atoms with van der Waals surface area (Å²) in [5.74, 6) is 3.87. The summed E-state index contributed by atoms with van der Waals surface area (Å²) in [6.45, 7) is 4.08. The van der Waals surface area contributed by atoms with Gasteiger partial charge in [-0.05, 0) is 102 Å². The predicted molar refractivity (Wildman–Crippen MR) is 219 cm³/mol. The maximum absolute atomic E-state index is 14.0. The Morgan fingerprint density at radius 3 is 1.38 bits per heavy atom. The van der Waals surface area contributed by atoms with E-state index in [1.165, 1.54) is 20.9 Å². The normalized spacial score (nSPS) is 22.7. The third-order valence-electron chi connectivity index (χ3n) is 12.2. The molecule has 0 spiro atoms. The van der Waals surface area contributed by atoms with Crippen LogP contribution in [0.4, 0.5) is 0 Å². The van der Waals surface area contributed by atoms with Crippen LogP contribution in [-0.4, -0.2) is 109 Å². The van der Waals surface area contributed by atoms with Crippen molar-refractivity contribution in [2.45, 2.75) is 126 Å². The molecule has 0 radical (unpaired) electrons. The SMILES string of the molecule is CN[C@@H](C)C(=O)N[C@@H](CC#CC[C@H](NC(=O)[C@H](C)NC)C(=O)N1CC[C@H]1C(=O)N[C@@H]1CCCc2ccccc21)C(=O)N1CC[C@H]1C(=O)N[C@@H]1CCCc2ccccc21. The Morgan fingerprint density at radius 2 is 1.02 bits per heavy atom. The van der Waals surface area contributed by atoms with E-state index in [-0.39, 0.29) is 36.7 Å². The quantitative estimate of drug-likeness (QED) is 0.156. The first-order valence-corrected chi connectivity index (χ1v) is 20.8. The molecule has 8 atom stereocenters. The van der Waals surface area contributed by atoms with Crippen LogP contribution in [0.2, 0.25) is 0 Å². The van der Waals surface area contributed by atoms with Gasteiger partial charge in [0.25, 0.3) is 0 Å². The number of nitrogens with one attached hydrogen (secondary N) is 6. The van der Waals surface area contributed by atoms with Crippen LogP contribution in [0.1, 0.15) is 99.6 Å². The lowest BCUT2D eigenvalue weighted by molar-refractivity contribution is -0.150. The van der Waals surface area contributed by atoms with Gasteiger partial charge in [0.2, 0.25) is 35.4 Å². The topological polar surface area (TPSA) is 181 Å². The highest BCUT2D eigenvalue weighted by molar-refractivity contribution is 5.95. The first-order chi connectivity index (χ1) is 28.0. The zero-order chi connectivity index (χ0) is 41.3. The van der Waals surface area contributed by atoms with Crippen LogP contribution in [-0.2, 0) is 41.6 Å². The van der Waals surface area contributed by atoms with Crippen molar-refractivity contribution in [1.29, 1.82) is 0 Å². The molecule has 2 aromatic rings. The van der Waals surface area contributed by atoms with Crippen molar-refractivity contribution >= 4 is 35.4 Å². The molecule has 2 saturated heterocycles. The molecule has 0 saturated carbocycles. The molecule has 2 fully saturated rings. The monoisotopic (exact) mass is 794 g/mol. The lowest BCUT2D eigenvalue weighted by Crippen LogP contribution is -2.63. The number of likely N-dealkylation sites (tertiary alicyclic amines) is 2. The third kappa shape index (κ3) is 9.70. The number of nitrogens with zero attached hydrogens (tertiary/aromatic N) is 2. The molecule has 2 heterocycles. The van der Waals surface area contributed by atoms with Crippen molar-refractivity contribution in [1.82, 2.24) is 41.7 Å². The largest absolute Gasteiger partial charge is 0.347 e. The summed E-state index contributed by atoms with van der Waals surface area (Å²) in [4.78, 5) is 84.1. The molecule has 2 aromatic carbocycles. The van der Waals surface area contributed by atoms with Gasteiger partial charge in [-0.15, -0.1) is 11.8 Å². The van der Waals surface area contributed by atoms with Gasteiger partial charge in [0.05, 0.1) is 24.2 Å². The second-order valence-corrected chi connectivity index (χ2v) is 15.9. The summed E-state index contributed by atoms with van der Waals surface area (Å²) in [5, 5.41) is 17.7. The fraction of sp³-hybridized carbons (Fsp3) is 0.545. The smallest absolute Gasteiger partial charge is 0.246 e. The molecule has 0 bridgehead atoms. The Bertz CT molecular complexity index is 1790. The maximum atomic E-state index is 14.0. The Kier molecular flexibility index (Phi) is 14.2. The van der Waals surface area contributed by atoms with Gasteiger partial charge < -0.3 is 41.7 Å². The number of rotatable bonds is 14. The van der Waals surface area contributed by atoms with E-state index in [1.54, 1.807) is 27.9 Å². The average molecular weight is 795 g/mol. The molecule has 310 valence electrons. The summed E-state index contributed by atoms with van der Waals surface area (Å²) < 4.78 is 0. The van der Waals surface area contributed by atoms with Gasteiger partial charge in [-0.25, -0.2) is 0 Å². The molecular formula is C44H58N8O6. The molecule has 0 aromatic heterocycles. The first kappa shape index (κ1) is 42.3. The van der Waals surface area contributed by atoms with E-state index < -0.39 is 59.9 Å². The summed E-state index contributed by atoms with van der Waals surface area (Å²) in [7, 11) is 3.28. The fourth-order valence-electron chi connectivity index (χ4n) is 8.20. The second kappa shape index (κ2) is 19.5. The highest BCUT2D eigenvalue weighted by Crippen LogP contribution is 2.32. The van der Waals surface area contributed by atoms with Crippen molar-refractivity contribution in [3.05, 3.63) is 70.8 Å². The summed E-state index contributed by atoms with van der Waals surface area (Å²) in [5.41, 5.74) is 4.65. The van der Waals surface area contributed by atoms with Crippen LogP contribution in [0, 0.1) is 11.8 Å². The fourth-order valence-corrected chi connectivity index (χ4v) is 8.20. The molecule has 0 unspecified atom stereocenters. The zero-order valence-corrected chi connectivity index (χ0v) is 34.1. The predicted octanol–water partition coefficient (Wildman–Crippen LogP) is 1.54. The van der Waals surface area contributed by atoms with Crippen molar-refractivity contribution in [3.8, 4) is 11.8 Å². The van der Waals surface area contributed by atoms with Crippen LogP contribution < -0.4 is 31.9 Å². The minimum absolute atomic E-state index is 0.0821. The van der Waals surface area contributed by atoms with Gasteiger partial charge >= 0.3 is 0 Å². The minimum atomic E-state index is -1.05. The molecule has 2 aliphatic carbocycles. The summed E-state index contributed by atoms with van der Waals surface area (Å²) >= 11 is 0. The van der Waals surface area contributed by atoms with Crippen LogP contribution in [0.3, 0.4) is 0 Å². The Balaban J connectivity index is 1.12. The average Bonchev–Trinajstić information content (AvgIpc) is 3.19. The number of hydrogen-bond donors (Lipinski definition) is 6. The van der Waals surface area contributed by atoms with Crippen molar-refractivity contribution < 1.29 is 28.8 Å². The third-order valence-corrected chi connectivity index (χ3v) is 12.2. The van der Waals surface area contributed by atoms with Crippen LogP contribution in [0.5, 0.6) is 0 Å². The number of fused-ring (bicyclic) bond motifs is 2. The lowest BCUT2D eigenvalue weighted by atomic mass is 9.87. The van der Waals surface area contributed by atoms with Crippen LogP contribution >= 0.6 is 0 Å². The summed E-state index contributed by atoms with van der Waals surface area (Å²) in [6.07, 6.45) is 6.32. The van der Waals surface area contributed by atoms with E-state index >= 15 is 0 Å². The van der Waals surface area contributed by atoms with E-state index in [9.17, 15) is 28.8 Å². The molecule has 6 N–H and O–H groups in total. The van der Waals surface area contributed by atoms with E-state index in [1.807, 2.05) is 36.4 Å². The molecule has 58 heavy (non-hydrogen) atoms. The van der Waals surface area contributed by atoms with Gasteiger partial charge in [-0.2, -0.15) is 0 Å². The number of aryl methyl sites for hydroxylation is 2. The Morgan fingerprint density at radius 1 is 0.621 bits per heavy atom. The first-order valence-electron chi connectivity index (χ1n) is 20.8. The Labute approximate surface area is 341 Å². The van der Waals surface area contributed by atoms with E-state index in [0.717, 1.165) is 49.7 Å². The zero-order valence-electron chi connectivity index (χ0n) is 34.1. The van der Waals surface area contributed by atoms with Crippen molar-refractivity contribution in [2.24, 2.45) is 0 Å². The Hall–Kier alpha value is -5.26. The number of benzene rings is 2. The lowest BCUT2D eigenvalue weighted by Gasteiger charge is -2.42. The number of amides is 6. The van der Waals surface area contributed by atoms with Gasteiger partial charge in [-0.3, -0.25) is 28.8 Å². The van der Waals surface area contributed by atoms with Gasteiger partial charge in [0, 0.05) is 25.9 Å². The molecule has 14 nitrogen and oxygen atoms in total. The maximum Gasteiger partial charge on any atom is 0.246 e. The van der Waals surface area contributed by atoms with Crippen LogP contribution in [0.15, 0.2) is 48.5 Å². The highest BCUT2D eigenvalue weighted by atomic mass is 16.2. The second-order valence-electron chi connectivity index (χ2n) is 15.9. The molecule has 6 amide bonds. The summed E-state index contributed by atoms with van der Waals surface area (Å²) in [6, 6.07) is 11.3. The standard InChI is InChI=1S/C44H58N8O6/c1-27(45-3)39(53)49-35(43(57)51-25-23-37(51)41(55)47-33-21-11-15-29-13-5-7-17-31(29)33)19-9-10-20-36(50-40(54)28(2)46-4)44(58)52-26-24-38(52)42(56)48-34-22-12-16-30-14-6-8-18-32(30)34/h5-8,13-14,17-18,27-28,33-38,45-46H,11-12,15-16,19-26H2,1-4H3,(H,47,55)(H,48,56)(H,49,53)(H,50,54)/t27-,28-,33+,34+,35-,36-,37-,38-/m0/s1. The van der Waals surface area contributed by atoms with Crippen molar-refractivity contribution in [3.63, 3.8) is 0 Å².